The number of hydrogen-bond acceptors (Lipinski definition) is 5. The molecule has 5 heteroatoms. The molecular formula is C25H34N4S. The molecule has 0 saturated carbocycles. The van der Waals surface area contributed by atoms with E-state index in [1.807, 2.05) is 11.3 Å². The molecule has 2 aromatic heterocycles. The van der Waals surface area contributed by atoms with Gasteiger partial charge in [-0.25, -0.2) is 9.97 Å². The van der Waals surface area contributed by atoms with Gasteiger partial charge >= 0.3 is 0 Å². The molecule has 2 heterocycles. The zero-order chi connectivity index (χ0) is 21.5. The maximum Gasteiger partial charge on any atom is 0.142 e. The summed E-state index contributed by atoms with van der Waals surface area (Å²) >= 11 is 1.86. The van der Waals surface area contributed by atoms with E-state index in [2.05, 4.69) is 79.9 Å². The van der Waals surface area contributed by atoms with Crippen LogP contribution in [0.5, 0.6) is 0 Å². The van der Waals surface area contributed by atoms with Gasteiger partial charge in [0.15, 0.2) is 0 Å². The lowest BCUT2D eigenvalue weighted by Crippen LogP contribution is -2.26. The lowest BCUT2D eigenvalue weighted by atomic mass is 9.72. The van der Waals surface area contributed by atoms with Crippen molar-refractivity contribution in [3.8, 4) is 0 Å². The van der Waals surface area contributed by atoms with Gasteiger partial charge in [-0.05, 0) is 80.7 Å². The quantitative estimate of drug-likeness (QED) is 0.494. The van der Waals surface area contributed by atoms with E-state index in [-0.39, 0.29) is 0 Å². The third-order valence-electron chi connectivity index (χ3n) is 6.66. The second-order valence-electron chi connectivity index (χ2n) is 9.51. The first-order valence-electron chi connectivity index (χ1n) is 11.2. The summed E-state index contributed by atoms with van der Waals surface area (Å²) in [4.78, 5) is 14.3. The maximum absolute atomic E-state index is 4.66. The van der Waals surface area contributed by atoms with Crippen LogP contribution >= 0.6 is 11.3 Å². The Morgan fingerprint density at radius 2 is 1.93 bits per heavy atom. The Bertz CT molecular complexity index is 1040. The van der Waals surface area contributed by atoms with E-state index < -0.39 is 0 Å². The predicted molar refractivity (Wildman–Crippen MR) is 130 cm³/mol. The molecule has 1 unspecified atom stereocenters. The van der Waals surface area contributed by atoms with E-state index in [9.17, 15) is 0 Å². The van der Waals surface area contributed by atoms with Crippen LogP contribution in [0.25, 0.3) is 10.2 Å². The second kappa shape index (κ2) is 8.18. The van der Waals surface area contributed by atoms with Crippen LogP contribution in [0.3, 0.4) is 0 Å². The number of rotatable bonds is 5. The molecule has 0 amide bonds. The molecule has 1 aliphatic carbocycles. The zero-order valence-corrected chi connectivity index (χ0v) is 20.0. The van der Waals surface area contributed by atoms with Gasteiger partial charge in [-0.15, -0.1) is 11.3 Å². The van der Waals surface area contributed by atoms with Crippen LogP contribution in [-0.2, 0) is 12.8 Å². The van der Waals surface area contributed by atoms with E-state index in [4.69, 9.17) is 0 Å². The Labute approximate surface area is 184 Å². The minimum absolute atomic E-state index is 0.352. The molecule has 0 bridgehead atoms. The molecule has 0 spiro atoms. The van der Waals surface area contributed by atoms with Gasteiger partial charge in [-0.2, -0.15) is 0 Å². The van der Waals surface area contributed by atoms with Gasteiger partial charge in [0.25, 0.3) is 0 Å². The molecule has 1 aliphatic rings. The smallest absolute Gasteiger partial charge is 0.142 e. The normalized spacial score (nSPS) is 16.5. The van der Waals surface area contributed by atoms with Crippen molar-refractivity contribution in [2.24, 2.45) is 11.3 Å². The van der Waals surface area contributed by atoms with Gasteiger partial charge in [0.1, 0.15) is 17.0 Å². The number of fused-ring (bicyclic) bond motifs is 3. The van der Waals surface area contributed by atoms with Gasteiger partial charge in [-0.3, -0.25) is 0 Å². The Morgan fingerprint density at radius 3 is 2.60 bits per heavy atom. The van der Waals surface area contributed by atoms with Crippen molar-refractivity contribution in [1.82, 2.24) is 9.97 Å². The van der Waals surface area contributed by atoms with E-state index in [0.29, 0.717) is 5.41 Å². The number of aromatic nitrogens is 2. The van der Waals surface area contributed by atoms with Crippen LogP contribution in [0.2, 0.25) is 0 Å². The number of benzene rings is 1. The molecule has 4 nitrogen and oxygen atoms in total. The summed E-state index contributed by atoms with van der Waals surface area (Å²) in [6, 6.07) is 6.66. The summed E-state index contributed by atoms with van der Waals surface area (Å²) < 4.78 is 0. The van der Waals surface area contributed by atoms with Crippen LogP contribution in [-0.4, -0.2) is 23.1 Å². The zero-order valence-electron chi connectivity index (χ0n) is 19.2. The monoisotopic (exact) mass is 422 g/mol. The molecule has 3 aromatic rings. The standard InChI is InChI=1S/C25H34N4S/c1-7-29(8-2)18-10-12-20(16(3)13-18)28-23-22-19-11-9-17(25(4,5)6)14-21(19)30-24(22)27-15-26-23/h10,12-13,15,17H,7-9,11,14H2,1-6H3,(H,26,27,28). The molecule has 1 atom stereocenters. The number of nitrogens with zero attached hydrogens (tertiary/aromatic N) is 3. The fraction of sp³-hybridized carbons (Fsp3) is 0.520. The molecule has 0 radical (unpaired) electrons. The molecule has 0 aliphatic heterocycles. The summed E-state index contributed by atoms with van der Waals surface area (Å²) in [7, 11) is 0. The van der Waals surface area contributed by atoms with Crippen molar-refractivity contribution >= 4 is 38.7 Å². The molecule has 30 heavy (non-hydrogen) atoms. The van der Waals surface area contributed by atoms with Crippen molar-refractivity contribution in [2.45, 2.75) is 60.8 Å². The highest BCUT2D eigenvalue weighted by Gasteiger charge is 2.31. The first-order valence-corrected chi connectivity index (χ1v) is 12.0. The maximum atomic E-state index is 4.66. The van der Waals surface area contributed by atoms with Crippen LogP contribution in [0.1, 0.15) is 57.0 Å². The molecule has 4 rings (SSSR count). The van der Waals surface area contributed by atoms with E-state index in [0.717, 1.165) is 48.2 Å². The summed E-state index contributed by atoms with van der Waals surface area (Å²) in [5.74, 6) is 1.68. The second-order valence-corrected chi connectivity index (χ2v) is 10.6. The van der Waals surface area contributed by atoms with E-state index in [1.54, 1.807) is 6.33 Å². The van der Waals surface area contributed by atoms with Crippen molar-refractivity contribution in [1.29, 1.82) is 0 Å². The predicted octanol–water partition coefficient (Wildman–Crippen LogP) is 6.74. The Kier molecular flexibility index (Phi) is 5.75. The van der Waals surface area contributed by atoms with Crippen molar-refractivity contribution in [3.05, 3.63) is 40.5 Å². The average Bonchev–Trinajstić information content (AvgIpc) is 3.09. The average molecular weight is 423 g/mol. The van der Waals surface area contributed by atoms with Crippen LogP contribution < -0.4 is 10.2 Å². The minimum atomic E-state index is 0.352. The largest absolute Gasteiger partial charge is 0.372 e. The molecular weight excluding hydrogens is 388 g/mol. The first-order chi connectivity index (χ1) is 14.3. The summed E-state index contributed by atoms with van der Waals surface area (Å²) in [5, 5.41) is 4.87. The fourth-order valence-corrected chi connectivity index (χ4v) is 5.91. The van der Waals surface area contributed by atoms with Gasteiger partial charge in [-0.1, -0.05) is 20.8 Å². The highest BCUT2D eigenvalue weighted by molar-refractivity contribution is 7.19. The summed E-state index contributed by atoms with van der Waals surface area (Å²) in [6.07, 6.45) is 5.23. The summed E-state index contributed by atoms with van der Waals surface area (Å²) in [5.41, 5.74) is 5.45. The Balaban J connectivity index is 1.67. The Morgan fingerprint density at radius 1 is 1.17 bits per heavy atom. The van der Waals surface area contributed by atoms with Crippen LogP contribution in [0, 0.1) is 18.3 Å². The van der Waals surface area contributed by atoms with Gasteiger partial charge in [0, 0.05) is 29.3 Å². The number of thiophene rings is 1. The summed E-state index contributed by atoms with van der Waals surface area (Å²) in [6.45, 7) is 15.7. The molecule has 1 N–H and O–H groups in total. The van der Waals surface area contributed by atoms with Crippen LogP contribution in [0.4, 0.5) is 17.2 Å². The van der Waals surface area contributed by atoms with Gasteiger partial charge in [0.05, 0.1) is 5.39 Å². The van der Waals surface area contributed by atoms with Crippen molar-refractivity contribution < 1.29 is 0 Å². The van der Waals surface area contributed by atoms with Gasteiger partial charge < -0.3 is 10.2 Å². The third-order valence-corrected chi connectivity index (χ3v) is 7.82. The van der Waals surface area contributed by atoms with E-state index >= 15 is 0 Å². The van der Waals surface area contributed by atoms with Crippen molar-refractivity contribution in [2.75, 3.05) is 23.3 Å². The highest BCUT2D eigenvalue weighted by atomic mass is 32.1. The minimum Gasteiger partial charge on any atom is -0.372 e. The van der Waals surface area contributed by atoms with E-state index in [1.165, 1.54) is 33.5 Å². The SMILES string of the molecule is CCN(CC)c1ccc(Nc2ncnc3sc4c(c23)CCC(C(C)(C)C)C4)c(C)c1. The van der Waals surface area contributed by atoms with Gasteiger partial charge in [0.2, 0.25) is 0 Å². The topological polar surface area (TPSA) is 41.0 Å². The number of anilines is 3. The molecule has 0 saturated heterocycles. The number of aryl methyl sites for hydroxylation is 2. The van der Waals surface area contributed by atoms with Crippen LogP contribution in [0.15, 0.2) is 24.5 Å². The first kappa shape index (κ1) is 21.1. The number of nitrogens with one attached hydrogen (secondary N) is 1. The fourth-order valence-electron chi connectivity index (χ4n) is 4.65. The third kappa shape index (κ3) is 3.92. The lowest BCUT2D eigenvalue weighted by Gasteiger charge is -2.33. The van der Waals surface area contributed by atoms with Crippen molar-refractivity contribution in [3.63, 3.8) is 0 Å². The molecule has 0 fully saturated rings. The number of hydrogen-bond donors (Lipinski definition) is 1. The molecule has 1 aromatic carbocycles. The molecule has 160 valence electrons. The lowest BCUT2D eigenvalue weighted by molar-refractivity contribution is 0.218. The Hall–Kier alpha value is -2.14. The highest BCUT2D eigenvalue weighted by Crippen LogP contribution is 2.44.